The van der Waals surface area contributed by atoms with E-state index in [1.165, 1.54) is 32.1 Å². The molecular formula is C16H31N. The highest BCUT2D eigenvalue weighted by Gasteiger charge is 2.60. The smallest absolute Gasteiger partial charge is 0.0105 e. The van der Waals surface area contributed by atoms with Gasteiger partial charge in [-0.05, 0) is 54.9 Å². The highest BCUT2D eigenvalue weighted by atomic mass is 14.9. The monoisotopic (exact) mass is 237 g/mol. The average Bonchev–Trinajstić information content (AvgIpc) is 2.69. The predicted octanol–water partition coefficient (Wildman–Crippen LogP) is 4.23. The second-order valence-electron chi connectivity index (χ2n) is 7.35. The maximum absolute atomic E-state index is 3.79. The van der Waals surface area contributed by atoms with E-state index in [9.17, 15) is 0 Å². The van der Waals surface area contributed by atoms with Crippen molar-refractivity contribution in [3.63, 3.8) is 0 Å². The van der Waals surface area contributed by atoms with Crippen molar-refractivity contribution >= 4 is 0 Å². The molecule has 4 unspecified atom stereocenters. The first-order valence-corrected chi connectivity index (χ1v) is 7.69. The van der Waals surface area contributed by atoms with Crippen LogP contribution in [0, 0.1) is 22.7 Å². The standard InChI is InChI=1S/C16H31N/c1-6-8-13(17-7-2)14-15(3,4)12-9-10-16(14,5)11-12/h12-14,17H,6-11H2,1-5H3. The van der Waals surface area contributed by atoms with Gasteiger partial charge in [0, 0.05) is 6.04 Å². The fraction of sp³-hybridized carbons (Fsp3) is 1.00. The summed E-state index contributed by atoms with van der Waals surface area (Å²) in [5, 5.41) is 3.79. The van der Waals surface area contributed by atoms with Gasteiger partial charge in [0.05, 0.1) is 0 Å². The maximum atomic E-state index is 3.79. The van der Waals surface area contributed by atoms with E-state index in [0.717, 1.165) is 24.4 Å². The third kappa shape index (κ3) is 2.05. The van der Waals surface area contributed by atoms with Crippen molar-refractivity contribution in [3.8, 4) is 0 Å². The molecule has 1 N–H and O–H groups in total. The minimum atomic E-state index is 0.551. The van der Waals surface area contributed by atoms with Gasteiger partial charge in [0.2, 0.25) is 0 Å². The summed E-state index contributed by atoms with van der Waals surface area (Å²) in [6, 6.07) is 0.746. The topological polar surface area (TPSA) is 12.0 Å². The molecule has 0 aromatic heterocycles. The van der Waals surface area contributed by atoms with Gasteiger partial charge in [0.25, 0.3) is 0 Å². The van der Waals surface area contributed by atoms with Crippen LogP contribution in [0.4, 0.5) is 0 Å². The minimum absolute atomic E-state index is 0.551. The molecule has 0 aromatic rings. The molecule has 1 heteroatoms. The molecule has 2 rings (SSSR count). The fourth-order valence-corrected chi connectivity index (χ4v) is 5.30. The van der Waals surface area contributed by atoms with Crippen LogP contribution in [-0.2, 0) is 0 Å². The molecule has 0 saturated heterocycles. The predicted molar refractivity (Wildman–Crippen MR) is 75.1 cm³/mol. The van der Waals surface area contributed by atoms with Gasteiger partial charge in [0.1, 0.15) is 0 Å². The summed E-state index contributed by atoms with van der Waals surface area (Å²) in [4.78, 5) is 0. The van der Waals surface area contributed by atoms with E-state index in [-0.39, 0.29) is 0 Å². The highest BCUT2D eigenvalue weighted by Crippen LogP contribution is 2.67. The summed E-state index contributed by atoms with van der Waals surface area (Å²) in [7, 11) is 0. The molecule has 0 aliphatic heterocycles. The molecule has 0 spiro atoms. The van der Waals surface area contributed by atoms with Gasteiger partial charge in [-0.15, -0.1) is 0 Å². The molecule has 2 aliphatic rings. The lowest BCUT2D eigenvalue weighted by Gasteiger charge is -2.47. The van der Waals surface area contributed by atoms with Gasteiger partial charge in [-0.25, -0.2) is 0 Å². The van der Waals surface area contributed by atoms with E-state index >= 15 is 0 Å². The van der Waals surface area contributed by atoms with Crippen LogP contribution in [0.1, 0.15) is 66.7 Å². The molecule has 17 heavy (non-hydrogen) atoms. The molecule has 0 amide bonds. The summed E-state index contributed by atoms with van der Waals surface area (Å²) in [5.41, 5.74) is 1.17. The Morgan fingerprint density at radius 1 is 1.24 bits per heavy atom. The summed E-state index contributed by atoms with van der Waals surface area (Å²) in [6.07, 6.45) is 7.09. The van der Waals surface area contributed by atoms with Crippen LogP contribution in [0.2, 0.25) is 0 Å². The highest BCUT2D eigenvalue weighted by molar-refractivity contribution is 5.11. The zero-order valence-corrected chi connectivity index (χ0v) is 12.5. The van der Waals surface area contributed by atoms with Crippen molar-refractivity contribution in [2.75, 3.05) is 6.54 Å². The van der Waals surface area contributed by atoms with Crippen LogP contribution < -0.4 is 5.32 Å². The van der Waals surface area contributed by atoms with E-state index in [0.29, 0.717) is 10.8 Å². The lowest BCUT2D eigenvalue weighted by atomic mass is 9.60. The number of hydrogen-bond donors (Lipinski definition) is 1. The van der Waals surface area contributed by atoms with Crippen LogP contribution in [-0.4, -0.2) is 12.6 Å². The van der Waals surface area contributed by atoms with Crippen molar-refractivity contribution in [3.05, 3.63) is 0 Å². The Labute approximate surface area is 108 Å². The normalized spacial score (nSPS) is 40.8. The van der Waals surface area contributed by atoms with Gasteiger partial charge in [-0.2, -0.15) is 0 Å². The largest absolute Gasteiger partial charge is 0.314 e. The zero-order chi connectivity index (χ0) is 12.7. The van der Waals surface area contributed by atoms with Crippen molar-refractivity contribution in [2.24, 2.45) is 22.7 Å². The Balaban J connectivity index is 2.22. The van der Waals surface area contributed by atoms with Gasteiger partial charge in [-0.1, -0.05) is 41.0 Å². The third-order valence-corrected chi connectivity index (χ3v) is 5.85. The van der Waals surface area contributed by atoms with Gasteiger partial charge >= 0.3 is 0 Å². The van der Waals surface area contributed by atoms with Gasteiger partial charge < -0.3 is 5.32 Å². The van der Waals surface area contributed by atoms with E-state index in [2.05, 4.69) is 39.9 Å². The average molecular weight is 237 g/mol. The van der Waals surface area contributed by atoms with E-state index in [4.69, 9.17) is 0 Å². The van der Waals surface area contributed by atoms with Crippen molar-refractivity contribution in [1.29, 1.82) is 0 Å². The van der Waals surface area contributed by atoms with Crippen LogP contribution >= 0.6 is 0 Å². The molecule has 2 aliphatic carbocycles. The van der Waals surface area contributed by atoms with E-state index in [1.807, 2.05) is 0 Å². The third-order valence-electron chi connectivity index (χ3n) is 5.85. The Kier molecular flexibility index (Phi) is 3.60. The maximum Gasteiger partial charge on any atom is 0.0105 e. The number of fused-ring (bicyclic) bond motifs is 2. The zero-order valence-electron chi connectivity index (χ0n) is 12.5. The Morgan fingerprint density at radius 2 is 1.94 bits per heavy atom. The molecule has 0 radical (unpaired) electrons. The molecule has 0 heterocycles. The van der Waals surface area contributed by atoms with Crippen molar-refractivity contribution in [2.45, 2.75) is 72.8 Å². The number of rotatable bonds is 5. The molecule has 0 aromatic carbocycles. The Bertz CT molecular complexity index is 260. The SMILES string of the molecule is CCCC(NCC)C1C2(C)CCC(C2)C1(C)C. The van der Waals surface area contributed by atoms with Crippen LogP contribution in [0.15, 0.2) is 0 Å². The van der Waals surface area contributed by atoms with Crippen molar-refractivity contribution in [1.82, 2.24) is 5.32 Å². The first kappa shape index (κ1) is 13.4. The summed E-state index contributed by atoms with van der Waals surface area (Å²) < 4.78 is 0. The van der Waals surface area contributed by atoms with E-state index in [1.54, 1.807) is 0 Å². The fourth-order valence-electron chi connectivity index (χ4n) is 5.30. The minimum Gasteiger partial charge on any atom is -0.314 e. The van der Waals surface area contributed by atoms with Gasteiger partial charge in [0.15, 0.2) is 0 Å². The molecular weight excluding hydrogens is 206 g/mol. The van der Waals surface area contributed by atoms with E-state index < -0.39 is 0 Å². The number of hydrogen-bond acceptors (Lipinski definition) is 1. The molecule has 1 nitrogen and oxygen atoms in total. The Hall–Kier alpha value is -0.0400. The van der Waals surface area contributed by atoms with Crippen LogP contribution in [0.3, 0.4) is 0 Å². The quantitative estimate of drug-likeness (QED) is 0.754. The summed E-state index contributed by atoms with van der Waals surface area (Å²) in [6.45, 7) is 13.3. The second kappa shape index (κ2) is 4.57. The molecule has 2 saturated carbocycles. The molecule has 4 atom stereocenters. The summed E-state index contributed by atoms with van der Waals surface area (Å²) in [5.74, 6) is 1.86. The van der Waals surface area contributed by atoms with Crippen molar-refractivity contribution < 1.29 is 0 Å². The molecule has 2 bridgehead atoms. The lowest BCUT2D eigenvalue weighted by molar-refractivity contribution is 0.0382. The molecule has 2 fully saturated rings. The molecule has 100 valence electrons. The number of nitrogens with one attached hydrogen (secondary N) is 1. The first-order chi connectivity index (χ1) is 7.95. The first-order valence-electron chi connectivity index (χ1n) is 7.69. The lowest BCUT2D eigenvalue weighted by Crippen LogP contribution is -2.49. The summed E-state index contributed by atoms with van der Waals surface area (Å²) >= 11 is 0. The van der Waals surface area contributed by atoms with Crippen LogP contribution in [0.25, 0.3) is 0 Å². The van der Waals surface area contributed by atoms with Gasteiger partial charge in [-0.3, -0.25) is 0 Å². The second-order valence-corrected chi connectivity index (χ2v) is 7.35. The van der Waals surface area contributed by atoms with Crippen LogP contribution in [0.5, 0.6) is 0 Å². The Morgan fingerprint density at radius 3 is 2.41 bits per heavy atom.